The van der Waals surface area contributed by atoms with Gasteiger partial charge in [-0.2, -0.15) is 0 Å². The van der Waals surface area contributed by atoms with E-state index >= 15 is 0 Å². The van der Waals surface area contributed by atoms with Crippen molar-refractivity contribution in [3.63, 3.8) is 0 Å². The molecule has 1 atom stereocenters. The van der Waals surface area contributed by atoms with Gasteiger partial charge in [0.05, 0.1) is 0 Å². The number of aromatic hydroxyl groups is 1. The largest absolute Gasteiger partial charge is 0.508 e. The molecule has 2 nitrogen and oxygen atoms in total. The van der Waals surface area contributed by atoms with Gasteiger partial charge in [0.25, 0.3) is 0 Å². The van der Waals surface area contributed by atoms with Crippen molar-refractivity contribution >= 4 is 11.6 Å². The first-order chi connectivity index (χ1) is 9.08. The van der Waals surface area contributed by atoms with Crippen molar-refractivity contribution in [1.29, 1.82) is 0 Å². The topological polar surface area (TPSA) is 32.3 Å². The minimum Gasteiger partial charge on any atom is -0.508 e. The molecule has 0 aliphatic heterocycles. The molecule has 0 aromatic heterocycles. The minimum absolute atomic E-state index is 0.204. The summed E-state index contributed by atoms with van der Waals surface area (Å²) < 4.78 is 0. The molecule has 3 heteroatoms. The summed E-state index contributed by atoms with van der Waals surface area (Å²) in [6, 6.07) is 13.8. The van der Waals surface area contributed by atoms with Crippen molar-refractivity contribution in [3.8, 4) is 5.75 Å². The van der Waals surface area contributed by atoms with Crippen LogP contribution in [-0.2, 0) is 6.54 Å². The summed E-state index contributed by atoms with van der Waals surface area (Å²) in [6.45, 7) is 4.72. The molecular weight excluding hydrogens is 258 g/mol. The lowest BCUT2D eigenvalue weighted by atomic mass is 10.1. The zero-order valence-corrected chi connectivity index (χ0v) is 11.9. The van der Waals surface area contributed by atoms with Crippen molar-refractivity contribution in [1.82, 2.24) is 5.32 Å². The van der Waals surface area contributed by atoms with E-state index in [1.807, 2.05) is 0 Å². The van der Waals surface area contributed by atoms with Gasteiger partial charge < -0.3 is 10.4 Å². The van der Waals surface area contributed by atoms with Crippen LogP contribution in [0, 0.1) is 6.92 Å². The van der Waals surface area contributed by atoms with Crippen molar-refractivity contribution in [2.75, 3.05) is 0 Å². The lowest BCUT2D eigenvalue weighted by Crippen LogP contribution is -2.18. The van der Waals surface area contributed by atoms with Gasteiger partial charge in [0.2, 0.25) is 0 Å². The average Bonchev–Trinajstić information content (AvgIpc) is 2.38. The second-order valence-electron chi connectivity index (χ2n) is 4.75. The zero-order valence-electron chi connectivity index (χ0n) is 11.2. The van der Waals surface area contributed by atoms with Crippen LogP contribution in [0.3, 0.4) is 0 Å². The molecule has 0 unspecified atom stereocenters. The van der Waals surface area contributed by atoms with Gasteiger partial charge >= 0.3 is 0 Å². The summed E-state index contributed by atoms with van der Waals surface area (Å²) in [7, 11) is 0. The number of benzene rings is 2. The Morgan fingerprint density at radius 1 is 1.21 bits per heavy atom. The van der Waals surface area contributed by atoms with Crippen LogP contribution in [0.25, 0.3) is 0 Å². The number of rotatable bonds is 4. The normalized spacial score (nSPS) is 12.4. The van der Waals surface area contributed by atoms with Crippen molar-refractivity contribution in [2.24, 2.45) is 0 Å². The third kappa shape index (κ3) is 3.49. The smallest absolute Gasteiger partial charge is 0.121 e. The van der Waals surface area contributed by atoms with Gasteiger partial charge in [0.1, 0.15) is 5.75 Å². The maximum absolute atomic E-state index is 9.79. The highest BCUT2D eigenvalue weighted by Gasteiger charge is 2.09. The molecule has 0 aliphatic carbocycles. The molecule has 0 saturated heterocycles. The number of nitrogens with one attached hydrogen (secondary N) is 1. The first kappa shape index (κ1) is 13.9. The van der Waals surface area contributed by atoms with E-state index in [0.29, 0.717) is 11.6 Å². The molecule has 0 fully saturated rings. The second-order valence-corrected chi connectivity index (χ2v) is 5.16. The SMILES string of the molecule is Cc1cccc([C@H](C)NCc2c(O)cccc2Cl)c1. The maximum atomic E-state index is 9.79. The van der Waals surface area contributed by atoms with Gasteiger partial charge in [0.15, 0.2) is 0 Å². The average molecular weight is 276 g/mol. The Balaban J connectivity index is 2.06. The van der Waals surface area contributed by atoms with Crippen molar-refractivity contribution < 1.29 is 5.11 Å². The molecule has 0 heterocycles. The van der Waals surface area contributed by atoms with Gasteiger partial charge in [-0.1, -0.05) is 47.5 Å². The summed E-state index contributed by atoms with van der Waals surface area (Å²) in [6.07, 6.45) is 0. The van der Waals surface area contributed by atoms with Crippen LogP contribution >= 0.6 is 11.6 Å². The van der Waals surface area contributed by atoms with Gasteiger partial charge in [-0.25, -0.2) is 0 Å². The van der Waals surface area contributed by atoms with E-state index in [4.69, 9.17) is 11.6 Å². The summed E-state index contributed by atoms with van der Waals surface area (Å²) in [5.41, 5.74) is 3.21. The minimum atomic E-state index is 0.204. The van der Waals surface area contributed by atoms with Crippen LogP contribution in [0.5, 0.6) is 5.75 Å². The Bertz CT molecular complexity index is 548. The molecule has 100 valence electrons. The number of hydrogen-bond donors (Lipinski definition) is 2. The quantitative estimate of drug-likeness (QED) is 0.876. The molecule has 0 amide bonds. The Morgan fingerprint density at radius 3 is 2.63 bits per heavy atom. The molecule has 0 aliphatic rings. The van der Waals surface area contributed by atoms with E-state index in [1.54, 1.807) is 18.2 Å². The fourth-order valence-corrected chi connectivity index (χ4v) is 2.27. The highest BCUT2D eigenvalue weighted by Crippen LogP contribution is 2.25. The Kier molecular flexibility index (Phi) is 4.46. The summed E-state index contributed by atoms with van der Waals surface area (Å²) >= 11 is 6.08. The highest BCUT2D eigenvalue weighted by molar-refractivity contribution is 6.31. The molecule has 2 aromatic carbocycles. The second kappa shape index (κ2) is 6.09. The number of aryl methyl sites for hydroxylation is 1. The molecule has 0 radical (unpaired) electrons. The fourth-order valence-electron chi connectivity index (χ4n) is 2.03. The Labute approximate surface area is 119 Å². The van der Waals surface area contributed by atoms with Crippen LogP contribution in [0.4, 0.5) is 0 Å². The zero-order chi connectivity index (χ0) is 13.8. The lowest BCUT2D eigenvalue weighted by molar-refractivity contribution is 0.460. The van der Waals surface area contributed by atoms with Crippen LogP contribution in [-0.4, -0.2) is 5.11 Å². The van der Waals surface area contributed by atoms with Gasteiger partial charge in [0, 0.05) is 23.2 Å². The number of phenols is 1. The van der Waals surface area contributed by atoms with E-state index < -0.39 is 0 Å². The van der Waals surface area contributed by atoms with Crippen molar-refractivity contribution in [2.45, 2.75) is 26.4 Å². The van der Waals surface area contributed by atoms with E-state index in [9.17, 15) is 5.11 Å². The van der Waals surface area contributed by atoms with Crippen LogP contribution in [0.2, 0.25) is 5.02 Å². The Morgan fingerprint density at radius 2 is 1.95 bits per heavy atom. The van der Waals surface area contributed by atoms with Crippen LogP contribution in [0.15, 0.2) is 42.5 Å². The third-order valence-corrected chi connectivity index (χ3v) is 3.58. The predicted molar refractivity (Wildman–Crippen MR) is 79.6 cm³/mol. The molecule has 2 rings (SSSR count). The fraction of sp³-hybridized carbons (Fsp3) is 0.250. The lowest BCUT2D eigenvalue weighted by Gasteiger charge is -2.16. The monoisotopic (exact) mass is 275 g/mol. The predicted octanol–water partition coefficient (Wildman–Crippen LogP) is 4.20. The maximum Gasteiger partial charge on any atom is 0.121 e. The molecular formula is C16H18ClNO. The molecule has 2 N–H and O–H groups in total. The van der Waals surface area contributed by atoms with Crippen molar-refractivity contribution in [3.05, 3.63) is 64.2 Å². The molecule has 0 spiro atoms. The standard InChI is InChI=1S/C16H18ClNO/c1-11-5-3-6-13(9-11)12(2)18-10-14-15(17)7-4-8-16(14)19/h3-9,12,18-19H,10H2,1-2H3/t12-/m0/s1. The summed E-state index contributed by atoms with van der Waals surface area (Å²) in [4.78, 5) is 0. The molecule has 19 heavy (non-hydrogen) atoms. The summed E-state index contributed by atoms with van der Waals surface area (Å²) in [5.74, 6) is 0.233. The number of halogens is 1. The molecule has 2 aromatic rings. The number of hydrogen-bond acceptors (Lipinski definition) is 2. The molecule has 0 bridgehead atoms. The number of phenolic OH excluding ortho intramolecular Hbond substituents is 1. The van der Waals surface area contributed by atoms with Crippen LogP contribution in [0.1, 0.15) is 29.7 Å². The van der Waals surface area contributed by atoms with E-state index in [2.05, 4.69) is 43.4 Å². The molecule has 0 saturated carbocycles. The Hall–Kier alpha value is -1.51. The van der Waals surface area contributed by atoms with Crippen LogP contribution < -0.4 is 5.32 Å². The summed E-state index contributed by atoms with van der Waals surface area (Å²) in [5, 5.41) is 13.8. The van der Waals surface area contributed by atoms with Gasteiger partial charge in [-0.05, 0) is 31.5 Å². The van der Waals surface area contributed by atoms with Gasteiger partial charge in [-0.3, -0.25) is 0 Å². The van der Waals surface area contributed by atoms with E-state index in [1.165, 1.54) is 11.1 Å². The third-order valence-electron chi connectivity index (χ3n) is 3.22. The van der Waals surface area contributed by atoms with E-state index in [-0.39, 0.29) is 11.8 Å². The van der Waals surface area contributed by atoms with Gasteiger partial charge in [-0.15, -0.1) is 0 Å². The first-order valence-electron chi connectivity index (χ1n) is 6.34. The van der Waals surface area contributed by atoms with E-state index in [0.717, 1.165) is 5.56 Å². The highest BCUT2D eigenvalue weighted by atomic mass is 35.5. The first-order valence-corrected chi connectivity index (χ1v) is 6.72.